The summed E-state index contributed by atoms with van der Waals surface area (Å²) in [5.74, 6) is 0. The fourth-order valence-electron chi connectivity index (χ4n) is 1.98. The summed E-state index contributed by atoms with van der Waals surface area (Å²) in [7, 11) is 0. The number of hydrogen-bond acceptors (Lipinski definition) is 6. The Hall–Kier alpha value is -0.730. The van der Waals surface area contributed by atoms with Gasteiger partial charge in [0.2, 0.25) is 0 Å². The molecule has 7 heteroatoms. The van der Waals surface area contributed by atoms with Crippen molar-refractivity contribution < 1.29 is 29.9 Å². The van der Waals surface area contributed by atoms with E-state index in [4.69, 9.17) is 26.2 Å². The molecule has 0 radical (unpaired) electrons. The molecule has 0 amide bonds. The topological polar surface area (TPSA) is 99.4 Å². The summed E-state index contributed by atoms with van der Waals surface area (Å²) in [5, 5.41) is 38.1. The molecule has 1 aromatic rings. The predicted molar refractivity (Wildman–Crippen MR) is 70.1 cm³/mol. The second-order valence-electron chi connectivity index (χ2n) is 4.59. The Morgan fingerprint density at radius 3 is 2.60 bits per heavy atom. The van der Waals surface area contributed by atoms with Crippen LogP contribution >= 0.6 is 11.6 Å². The van der Waals surface area contributed by atoms with Crippen molar-refractivity contribution in [2.75, 3.05) is 13.2 Å². The predicted octanol–water partition coefficient (Wildman–Crippen LogP) is -0.171. The lowest BCUT2D eigenvalue weighted by molar-refractivity contribution is -0.134. The molecule has 1 unspecified atom stereocenters. The second kappa shape index (κ2) is 6.82. The molecule has 0 aliphatic carbocycles. The second-order valence-corrected chi connectivity index (χ2v) is 5.00. The van der Waals surface area contributed by atoms with Crippen LogP contribution in [0.3, 0.4) is 0 Å². The Morgan fingerprint density at radius 1 is 1.25 bits per heavy atom. The fourth-order valence-corrected chi connectivity index (χ4v) is 2.21. The summed E-state index contributed by atoms with van der Waals surface area (Å²) in [5.41, 5.74) is 0.626. The van der Waals surface area contributed by atoms with Crippen LogP contribution in [-0.2, 0) is 9.47 Å². The third kappa shape index (κ3) is 3.29. The molecule has 0 bridgehead atoms. The van der Waals surface area contributed by atoms with Crippen molar-refractivity contribution in [2.45, 2.75) is 30.7 Å². The van der Waals surface area contributed by atoms with Crippen molar-refractivity contribution in [3.05, 3.63) is 34.9 Å². The number of benzene rings is 1. The van der Waals surface area contributed by atoms with Gasteiger partial charge in [0.1, 0.15) is 24.4 Å². The smallest absolute Gasteiger partial charge is 0.185 e. The highest BCUT2D eigenvalue weighted by atomic mass is 35.5. The highest BCUT2D eigenvalue weighted by molar-refractivity contribution is 6.31. The van der Waals surface area contributed by atoms with E-state index in [0.29, 0.717) is 10.6 Å². The summed E-state index contributed by atoms with van der Waals surface area (Å²) >= 11 is 6.02. The SMILES string of the molecule is OC[C@H](O)[C@H](O)[C@@H](O)[C@H]1COC(c2ccccc2Cl)O1. The molecule has 1 aliphatic rings. The van der Waals surface area contributed by atoms with Crippen LogP contribution in [-0.4, -0.2) is 58.1 Å². The molecule has 1 heterocycles. The first-order chi connectivity index (χ1) is 9.54. The average Bonchev–Trinajstić information content (AvgIpc) is 2.94. The molecule has 1 saturated heterocycles. The van der Waals surface area contributed by atoms with Gasteiger partial charge < -0.3 is 29.9 Å². The van der Waals surface area contributed by atoms with Crippen LogP contribution in [0, 0.1) is 0 Å². The van der Waals surface area contributed by atoms with Crippen molar-refractivity contribution in [2.24, 2.45) is 0 Å². The van der Waals surface area contributed by atoms with Gasteiger partial charge in [-0.15, -0.1) is 0 Å². The third-order valence-electron chi connectivity index (χ3n) is 3.18. The van der Waals surface area contributed by atoms with E-state index in [1.54, 1.807) is 24.3 Å². The van der Waals surface area contributed by atoms with Crippen molar-refractivity contribution in [3.8, 4) is 0 Å². The molecule has 0 saturated carbocycles. The lowest BCUT2D eigenvalue weighted by atomic mass is 10.0. The van der Waals surface area contributed by atoms with Gasteiger partial charge in [-0.25, -0.2) is 0 Å². The molecule has 5 atom stereocenters. The maximum Gasteiger partial charge on any atom is 0.185 e. The van der Waals surface area contributed by atoms with E-state index in [2.05, 4.69) is 0 Å². The van der Waals surface area contributed by atoms with Crippen LogP contribution < -0.4 is 0 Å². The van der Waals surface area contributed by atoms with Crippen LogP contribution in [0.15, 0.2) is 24.3 Å². The molecular weight excluding hydrogens is 288 g/mol. The van der Waals surface area contributed by atoms with Crippen molar-refractivity contribution in [1.29, 1.82) is 0 Å². The molecule has 1 aliphatic heterocycles. The average molecular weight is 305 g/mol. The first-order valence-corrected chi connectivity index (χ1v) is 6.59. The number of ether oxygens (including phenoxy) is 2. The lowest BCUT2D eigenvalue weighted by Crippen LogP contribution is -2.46. The van der Waals surface area contributed by atoms with Crippen molar-refractivity contribution in [1.82, 2.24) is 0 Å². The van der Waals surface area contributed by atoms with Gasteiger partial charge in [0.15, 0.2) is 6.29 Å². The number of rotatable bonds is 5. The van der Waals surface area contributed by atoms with Crippen LogP contribution in [0.1, 0.15) is 11.9 Å². The van der Waals surface area contributed by atoms with E-state index in [0.717, 1.165) is 0 Å². The molecule has 4 N–H and O–H groups in total. The van der Waals surface area contributed by atoms with Gasteiger partial charge in [-0.1, -0.05) is 29.8 Å². The summed E-state index contributed by atoms with van der Waals surface area (Å²) in [6.45, 7) is -0.605. The normalized spacial score (nSPS) is 27.2. The highest BCUT2D eigenvalue weighted by Gasteiger charge is 2.38. The zero-order chi connectivity index (χ0) is 14.7. The van der Waals surface area contributed by atoms with Crippen LogP contribution in [0.25, 0.3) is 0 Å². The Labute approximate surface area is 121 Å². The number of halogens is 1. The molecule has 1 aromatic carbocycles. The zero-order valence-electron chi connectivity index (χ0n) is 10.6. The van der Waals surface area contributed by atoms with Crippen LogP contribution in [0.5, 0.6) is 0 Å². The number of hydrogen-bond donors (Lipinski definition) is 4. The van der Waals surface area contributed by atoms with Crippen molar-refractivity contribution in [3.63, 3.8) is 0 Å². The van der Waals surface area contributed by atoms with Gasteiger partial charge in [0.05, 0.1) is 13.2 Å². The van der Waals surface area contributed by atoms with E-state index in [1.165, 1.54) is 0 Å². The first kappa shape index (κ1) is 15.7. The lowest BCUT2D eigenvalue weighted by Gasteiger charge is -2.25. The number of aliphatic hydroxyl groups is 4. The summed E-state index contributed by atoms with van der Waals surface area (Å²) in [6, 6.07) is 6.98. The fraction of sp³-hybridized carbons (Fsp3) is 0.538. The molecule has 20 heavy (non-hydrogen) atoms. The van der Waals surface area contributed by atoms with Gasteiger partial charge in [0, 0.05) is 10.6 Å². The molecule has 112 valence electrons. The Kier molecular flexibility index (Phi) is 5.34. The monoisotopic (exact) mass is 304 g/mol. The summed E-state index contributed by atoms with van der Waals surface area (Å²) in [4.78, 5) is 0. The summed E-state index contributed by atoms with van der Waals surface area (Å²) in [6.07, 6.45) is -5.87. The Bertz CT molecular complexity index is 443. The minimum atomic E-state index is -1.52. The van der Waals surface area contributed by atoms with E-state index in [1.807, 2.05) is 0 Å². The van der Waals surface area contributed by atoms with Crippen molar-refractivity contribution >= 4 is 11.6 Å². The zero-order valence-corrected chi connectivity index (χ0v) is 11.3. The van der Waals surface area contributed by atoms with Crippen LogP contribution in [0.2, 0.25) is 5.02 Å². The Balaban J connectivity index is 2.00. The number of aliphatic hydroxyl groups excluding tert-OH is 4. The molecule has 0 aromatic heterocycles. The quantitative estimate of drug-likeness (QED) is 0.603. The molecule has 1 fully saturated rings. The van der Waals surface area contributed by atoms with Crippen LogP contribution in [0.4, 0.5) is 0 Å². The van der Waals surface area contributed by atoms with Gasteiger partial charge >= 0.3 is 0 Å². The molecule has 6 nitrogen and oxygen atoms in total. The van der Waals surface area contributed by atoms with E-state index in [-0.39, 0.29) is 6.61 Å². The van der Waals surface area contributed by atoms with E-state index in [9.17, 15) is 15.3 Å². The van der Waals surface area contributed by atoms with Gasteiger partial charge in [-0.2, -0.15) is 0 Å². The van der Waals surface area contributed by atoms with Gasteiger partial charge in [-0.3, -0.25) is 0 Å². The molecule has 2 rings (SSSR count). The maximum atomic E-state index is 9.89. The van der Waals surface area contributed by atoms with E-state index >= 15 is 0 Å². The third-order valence-corrected chi connectivity index (χ3v) is 3.53. The molecule has 0 spiro atoms. The highest BCUT2D eigenvalue weighted by Crippen LogP contribution is 2.33. The summed E-state index contributed by atoms with van der Waals surface area (Å²) < 4.78 is 10.9. The minimum absolute atomic E-state index is 0.0479. The standard InChI is InChI=1S/C13H17ClO6/c14-8-4-2-1-3-7(8)13-19-6-10(20-13)12(18)11(17)9(16)5-15/h1-4,9-13,15-18H,5-6H2/t9-,10+,11-,12-,13?/m0/s1. The van der Waals surface area contributed by atoms with Gasteiger partial charge in [-0.05, 0) is 6.07 Å². The minimum Gasteiger partial charge on any atom is -0.394 e. The molecular formula is C13H17ClO6. The maximum absolute atomic E-state index is 9.89. The largest absolute Gasteiger partial charge is 0.394 e. The van der Waals surface area contributed by atoms with E-state index < -0.39 is 37.3 Å². The first-order valence-electron chi connectivity index (χ1n) is 6.21. The Morgan fingerprint density at radius 2 is 1.95 bits per heavy atom. The van der Waals surface area contributed by atoms with Gasteiger partial charge in [0.25, 0.3) is 0 Å².